The first-order chi connectivity index (χ1) is 16.1. The molecule has 0 bridgehead atoms. The molecule has 0 saturated carbocycles. The van der Waals surface area contributed by atoms with E-state index in [1.165, 1.54) is 121 Å². The van der Waals surface area contributed by atoms with Gasteiger partial charge in [-0.05, 0) is 51.4 Å². The lowest BCUT2D eigenvalue weighted by atomic mass is 10.2. The van der Waals surface area contributed by atoms with Crippen LogP contribution in [0.1, 0.15) is 137 Å². The van der Waals surface area contributed by atoms with Crippen LogP contribution in [0.2, 0.25) is 0 Å². The van der Waals surface area contributed by atoms with Gasteiger partial charge in [-0.25, -0.2) is 0 Å². The molecule has 0 heterocycles. The molecule has 0 amide bonds. The van der Waals surface area contributed by atoms with Gasteiger partial charge in [0.1, 0.15) is 0 Å². The minimum absolute atomic E-state index is 0.665. The number of nitriles is 3. The highest BCUT2D eigenvalue weighted by Gasteiger charge is 2.34. The topological polar surface area (TPSA) is 71.4 Å². The van der Waals surface area contributed by atoms with E-state index >= 15 is 0 Å². The molecule has 0 radical (unpaired) electrons. The molecule has 0 spiro atoms. The summed E-state index contributed by atoms with van der Waals surface area (Å²) in [5.41, 5.74) is 0. The fourth-order valence-electron chi connectivity index (χ4n) is 4.43. The Labute approximate surface area is 208 Å². The van der Waals surface area contributed by atoms with Gasteiger partial charge in [0.15, 0.2) is 0 Å². The first kappa shape index (κ1) is 34.1. The van der Waals surface area contributed by atoms with E-state index in [9.17, 15) is 0 Å². The lowest BCUT2D eigenvalue weighted by Gasteiger charge is -2.28. The first-order valence-corrected chi connectivity index (χ1v) is 16.7. The summed E-state index contributed by atoms with van der Waals surface area (Å²) >= 11 is 0. The maximum absolute atomic E-state index is 7.83. The molecule has 0 atom stereocenters. The molecule has 0 aliphatic heterocycles. The molecule has 0 N–H and O–H groups in total. The highest BCUT2D eigenvalue weighted by molar-refractivity contribution is 7.75. The second-order valence-corrected chi connectivity index (χ2v) is 14.1. The summed E-state index contributed by atoms with van der Waals surface area (Å²) in [6, 6.07) is 4.44. The molecule has 0 fully saturated rings. The molecular formula is C29H55N3P+. The average molecular weight is 477 g/mol. The van der Waals surface area contributed by atoms with E-state index in [-0.39, 0.29) is 0 Å². The normalized spacial score (nSPS) is 10.7. The fraction of sp³-hybridized carbons (Fsp3) is 0.897. The van der Waals surface area contributed by atoms with Crippen molar-refractivity contribution in [1.82, 2.24) is 0 Å². The van der Waals surface area contributed by atoms with Crippen molar-refractivity contribution in [3.8, 4) is 18.2 Å². The Kier molecular flexibility index (Phi) is 28.0. The minimum atomic E-state index is -1.10. The molecule has 0 aliphatic carbocycles. The second kappa shape index (κ2) is 27.1. The van der Waals surface area contributed by atoms with E-state index in [0.29, 0.717) is 0 Å². The Morgan fingerprint density at radius 3 is 0.879 bits per heavy atom. The maximum atomic E-state index is 7.83. The molecule has 0 saturated heterocycles. The molecule has 0 aromatic carbocycles. The Morgan fingerprint density at radius 1 is 0.424 bits per heavy atom. The lowest BCUT2D eigenvalue weighted by molar-refractivity contribution is 0.651. The number of hydrogen-bond donors (Lipinski definition) is 0. The van der Waals surface area contributed by atoms with Crippen LogP contribution in [0.4, 0.5) is 0 Å². The van der Waals surface area contributed by atoms with E-state index in [0.717, 1.165) is 0 Å². The molecule has 4 heteroatoms. The summed E-state index contributed by atoms with van der Waals surface area (Å²) in [6.07, 6.45) is 31.6. The Balaban J connectivity index is 0. The molecule has 3 nitrogen and oxygen atoms in total. The third-order valence-electron chi connectivity index (χ3n) is 6.58. The van der Waals surface area contributed by atoms with Crippen molar-refractivity contribution in [2.24, 2.45) is 5.92 Å². The molecule has 190 valence electrons. The van der Waals surface area contributed by atoms with Crippen molar-refractivity contribution < 1.29 is 0 Å². The zero-order chi connectivity index (χ0) is 25.0. The van der Waals surface area contributed by atoms with Gasteiger partial charge in [0.05, 0.1) is 42.9 Å². The number of nitrogens with zero attached hydrogens (tertiary/aromatic N) is 3. The van der Waals surface area contributed by atoms with Crippen LogP contribution in [0, 0.1) is 39.9 Å². The first-order valence-electron chi connectivity index (χ1n) is 14.1. The van der Waals surface area contributed by atoms with Gasteiger partial charge in [-0.1, -0.05) is 85.5 Å². The van der Waals surface area contributed by atoms with Crippen molar-refractivity contribution in [3.63, 3.8) is 0 Å². The van der Waals surface area contributed by atoms with E-state index in [4.69, 9.17) is 15.8 Å². The monoisotopic (exact) mass is 476 g/mol. The highest BCUT2D eigenvalue weighted by atomic mass is 31.2. The summed E-state index contributed by atoms with van der Waals surface area (Å²) in [4.78, 5) is 0. The molecule has 0 aliphatic rings. The van der Waals surface area contributed by atoms with Gasteiger partial charge in [-0.3, -0.25) is 0 Å². The number of hydrogen-bond acceptors (Lipinski definition) is 3. The molecular weight excluding hydrogens is 421 g/mol. The molecule has 33 heavy (non-hydrogen) atoms. The third-order valence-corrected chi connectivity index (χ3v) is 11.6. The Hall–Kier alpha value is -1.10. The SMILES string of the molecule is CCCCCCC[P+](CCCCCC)(CCCCCC)CCCCCC.N#CC(C#N)C#N. The van der Waals surface area contributed by atoms with Crippen molar-refractivity contribution in [3.05, 3.63) is 0 Å². The van der Waals surface area contributed by atoms with Crippen LogP contribution < -0.4 is 0 Å². The van der Waals surface area contributed by atoms with Crippen LogP contribution in [0.5, 0.6) is 0 Å². The van der Waals surface area contributed by atoms with Gasteiger partial charge >= 0.3 is 0 Å². The summed E-state index contributed by atoms with van der Waals surface area (Å²) in [7, 11) is -0.665. The van der Waals surface area contributed by atoms with Gasteiger partial charge in [0.25, 0.3) is 0 Å². The van der Waals surface area contributed by atoms with Gasteiger partial charge in [-0.15, -0.1) is 0 Å². The predicted octanol–water partition coefficient (Wildman–Crippen LogP) is 9.89. The molecule has 0 aromatic rings. The van der Waals surface area contributed by atoms with Crippen LogP contribution in [0.25, 0.3) is 0 Å². The average Bonchev–Trinajstić information content (AvgIpc) is 2.84. The summed E-state index contributed by atoms with van der Waals surface area (Å²) < 4.78 is 0. The Morgan fingerprint density at radius 2 is 0.667 bits per heavy atom. The maximum Gasteiger partial charge on any atom is 0.218 e. The fourth-order valence-corrected chi connectivity index (χ4v) is 9.35. The number of rotatable bonds is 21. The van der Waals surface area contributed by atoms with E-state index in [1.807, 2.05) is 0 Å². The standard InChI is InChI=1S/C25H54P.C4HN3/c1-5-9-13-17-21-25-26(22-18-14-10-6-2,23-19-15-11-7-3)24-20-16-12-8-4;5-1-4(2-6)3-7/h5-25H2,1-4H3;4H/q+1;. The van der Waals surface area contributed by atoms with Crippen LogP contribution >= 0.6 is 7.26 Å². The molecule has 0 rings (SSSR count). The van der Waals surface area contributed by atoms with Crippen LogP contribution in [0.15, 0.2) is 0 Å². The van der Waals surface area contributed by atoms with Crippen LogP contribution in [-0.2, 0) is 0 Å². The zero-order valence-electron chi connectivity index (χ0n) is 22.7. The highest BCUT2D eigenvalue weighted by Crippen LogP contribution is 2.61. The molecule has 0 aromatic heterocycles. The zero-order valence-corrected chi connectivity index (χ0v) is 23.6. The van der Waals surface area contributed by atoms with E-state index < -0.39 is 13.2 Å². The summed E-state index contributed by atoms with van der Waals surface area (Å²) in [5, 5.41) is 23.5. The van der Waals surface area contributed by atoms with Crippen molar-refractivity contribution in [2.45, 2.75) is 137 Å². The van der Waals surface area contributed by atoms with Gasteiger partial charge in [-0.2, -0.15) is 15.8 Å². The quantitative estimate of drug-likeness (QED) is 0.122. The third kappa shape index (κ3) is 22.5. The smallest absolute Gasteiger partial charge is 0.196 e. The number of unbranched alkanes of at least 4 members (excludes halogenated alkanes) is 13. The van der Waals surface area contributed by atoms with Crippen molar-refractivity contribution in [2.75, 3.05) is 24.6 Å². The minimum Gasteiger partial charge on any atom is -0.196 e. The van der Waals surface area contributed by atoms with Gasteiger partial charge < -0.3 is 0 Å². The summed E-state index contributed by atoms with van der Waals surface area (Å²) in [5.74, 6) is -1.10. The van der Waals surface area contributed by atoms with E-state index in [1.54, 1.807) is 31.1 Å². The van der Waals surface area contributed by atoms with Gasteiger partial charge in [0, 0.05) is 7.26 Å². The van der Waals surface area contributed by atoms with Crippen LogP contribution in [-0.4, -0.2) is 24.6 Å². The molecule has 0 unspecified atom stereocenters. The van der Waals surface area contributed by atoms with Crippen molar-refractivity contribution >= 4 is 7.26 Å². The van der Waals surface area contributed by atoms with E-state index in [2.05, 4.69) is 27.7 Å². The second-order valence-electron chi connectivity index (χ2n) is 9.65. The predicted molar refractivity (Wildman–Crippen MR) is 148 cm³/mol. The largest absolute Gasteiger partial charge is 0.218 e. The van der Waals surface area contributed by atoms with Crippen molar-refractivity contribution in [1.29, 1.82) is 15.8 Å². The Bertz CT molecular complexity index is 462. The van der Waals surface area contributed by atoms with Crippen LogP contribution in [0.3, 0.4) is 0 Å². The lowest BCUT2D eigenvalue weighted by Crippen LogP contribution is -2.13. The summed E-state index contributed by atoms with van der Waals surface area (Å²) in [6.45, 7) is 9.40. The van der Waals surface area contributed by atoms with Gasteiger partial charge in [0.2, 0.25) is 5.92 Å².